The maximum atomic E-state index is 13.3. The van der Waals surface area contributed by atoms with Crippen molar-refractivity contribution in [1.29, 1.82) is 0 Å². The van der Waals surface area contributed by atoms with Crippen LogP contribution in [0.2, 0.25) is 0 Å². The summed E-state index contributed by atoms with van der Waals surface area (Å²) in [5.41, 5.74) is 1.42. The molecule has 4 rings (SSSR count). The highest BCUT2D eigenvalue weighted by Gasteiger charge is 2.31. The Kier molecular flexibility index (Phi) is 6.76. The minimum atomic E-state index is -3.77. The number of carboxylic acid groups (broad SMARTS) is 1. The van der Waals surface area contributed by atoms with Crippen LogP contribution in [0.3, 0.4) is 0 Å². The Morgan fingerprint density at radius 2 is 1.76 bits per heavy atom. The Labute approximate surface area is 192 Å². The molecular formula is C25H24FNO5S. The molecule has 172 valence electrons. The Morgan fingerprint density at radius 3 is 2.45 bits per heavy atom. The Bertz CT molecular complexity index is 1230. The molecular weight excluding hydrogens is 445 g/mol. The Morgan fingerprint density at radius 1 is 1.03 bits per heavy atom. The van der Waals surface area contributed by atoms with Crippen LogP contribution in [0.4, 0.5) is 4.39 Å². The van der Waals surface area contributed by atoms with Gasteiger partial charge in [-0.1, -0.05) is 24.3 Å². The fourth-order valence-corrected chi connectivity index (χ4v) is 5.59. The van der Waals surface area contributed by atoms with E-state index in [0.29, 0.717) is 30.0 Å². The van der Waals surface area contributed by atoms with Gasteiger partial charge in [0.25, 0.3) is 0 Å². The second kappa shape index (κ2) is 9.72. The van der Waals surface area contributed by atoms with Gasteiger partial charge in [-0.3, -0.25) is 4.79 Å². The number of hydrogen-bond donors (Lipinski definition) is 1. The van der Waals surface area contributed by atoms with E-state index in [1.165, 1.54) is 16.4 Å². The highest BCUT2D eigenvalue weighted by molar-refractivity contribution is 7.89. The maximum Gasteiger partial charge on any atom is 0.307 e. The molecule has 8 heteroatoms. The van der Waals surface area contributed by atoms with Crippen LogP contribution >= 0.6 is 0 Å². The molecule has 1 atom stereocenters. The van der Waals surface area contributed by atoms with Crippen LogP contribution in [0.25, 0.3) is 0 Å². The molecule has 0 aliphatic carbocycles. The van der Waals surface area contributed by atoms with Crippen molar-refractivity contribution in [1.82, 2.24) is 4.31 Å². The zero-order valence-corrected chi connectivity index (χ0v) is 18.7. The molecule has 6 nitrogen and oxygen atoms in total. The van der Waals surface area contributed by atoms with Crippen LogP contribution < -0.4 is 4.74 Å². The lowest BCUT2D eigenvalue weighted by atomic mass is 9.90. The number of sulfonamides is 1. The molecule has 0 bridgehead atoms. The average Bonchev–Trinajstić information content (AvgIpc) is 2.79. The van der Waals surface area contributed by atoms with Gasteiger partial charge in [-0.05, 0) is 78.4 Å². The second-order valence-corrected chi connectivity index (χ2v) is 9.99. The van der Waals surface area contributed by atoms with Crippen LogP contribution in [0.15, 0.2) is 77.7 Å². The Hall–Kier alpha value is -3.23. The van der Waals surface area contributed by atoms with Gasteiger partial charge in [-0.15, -0.1) is 0 Å². The number of aliphatic carboxylic acids is 1. The number of benzene rings is 3. The fraction of sp³-hybridized carbons (Fsp3) is 0.240. The first-order chi connectivity index (χ1) is 15.8. The first-order valence-corrected chi connectivity index (χ1v) is 12.1. The van der Waals surface area contributed by atoms with Gasteiger partial charge in [0.05, 0.1) is 11.3 Å². The van der Waals surface area contributed by atoms with Crippen molar-refractivity contribution in [2.45, 2.75) is 30.1 Å². The van der Waals surface area contributed by atoms with Crippen molar-refractivity contribution < 1.29 is 27.4 Å². The summed E-state index contributed by atoms with van der Waals surface area (Å²) in [5.74, 6) is -0.442. The quantitative estimate of drug-likeness (QED) is 0.537. The van der Waals surface area contributed by atoms with Crippen molar-refractivity contribution in [3.8, 4) is 11.5 Å². The monoisotopic (exact) mass is 469 g/mol. The van der Waals surface area contributed by atoms with Crippen LogP contribution in [0.1, 0.15) is 29.9 Å². The summed E-state index contributed by atoms with van der Waals surface area (Å²) in [4.78, 5) is 11.4. The number of carboxylic acids is 1. The number of rotatable bonds is 7. The van der Waals surface area contributed by atoms with Crippen LogP contribution in [0, 0.1) is 5.82 Å². The lowest BCUT2D eigenvalue weighted by Gasteiger charge is -2.32. The van der Waals surface area contributed by atoms with Gasteiger partial charge in [0, 0.05) is 13.1 Å². The van der Waals surface area contributed by atoms with E-state index in [-0.39, 0.29) is 23.8 Å². The van der Waals surface area contributed by atoms with Crippen LogP contribution in [-0.4, -0.2) is 36.9 Å². The van der Waals surface area contributed by atoms with E-state index in [1.54, 1.807) is 18.2 Å². The lowest BCUT2D eigenvalue weighted by molar-refractivity contribution is -0.136. The van der Waals surface area contributed by atoms with Gasteiger partial charge in [0.15, 0.2) is 0 Å². The highest BCUT2D eigenvalue weighted by Crippen LogP contribution is 2.34. The molecule has 1 aliphatic rings. The van der Waals surface area contributed by atoms with E-state index in [1.807, 2.05) is 30.3 Å². The largest absolute Gasteiger partial charge is 0.481 e. The van der Waals surface area contributed by atoms with E-state index in [4.69, 9.17) is 4.74 Å². The molecule has 3 aromatic carbocycles. The molecule has 0 amide bonds. The summed E-state index contributed by atoms with van der Waals surface area (Å²) in [5, 5.41) is 9.29. The molecule has 0 aromatic heterocycles. The third-order valence-corrected chi connectivity index (χ3v) is 7.51. The predicted octanol–water partition coefficient (Wildman–Crippen LogP) is 4.81. The standard InChI is InChI=1S/C25H24FNO5S/c26-21-8-10-24(11-9-21)33(30,31)27-12-4-5-19(17-27)20-13-18(15-25(28)29)14-23(16-20)32-22-6-2-1-3-7-22/h1-3,6-11,13-14,16,19H,4-5,12,15,17H2,(H,28,29). The number of carbonyl (C=O) groups is 1. The van der Waals surface area contributed by atoms with E-state index >= 15 is 0 Å². The van der Waals surface area contributed by atoms with Crippen LogP contribution in [0.5, 0.6) is 11.5 Å². The third-order valence-electron chi connectivity index (χ3n) is 5.63. The predicted molar refractivity (Wildman–Crippen MR) is 121 cm³/mol. The Balaban J connectivity index is 1.62. The molecule has 1 saturated heterocycles. The lowest BCUT2D eigenvalue weighted by Crippen LogP contribution is -2.39. The number of ether oxygens (including phenoxy) is 1. The molecule has 3 aromatic rings. The normalized spacial score (nSPS) is 16.9. The first kappa shape index (κ1) is 22.9. The smallest absolute Gasteiger partial charge is 0.307 e. The fourth-order valence-electron chi connectivity index (χ4n) is 4.07. The first-order valence-electron chi connectivity index (χ1n) is 10.7. The van der Waals surface area contributed by atoms with Gasteiger partial charge in [0.1, 0.15) is 17.3 Å². The summed E-state index contributed by atoms with van der Waals surface area (Å²) in [6.07, 6.45) is 1.25. The topological polar surface area (TPSA) is 83.9 Å². The molecule has 1 N–H and O–H groups in total. The second-order valence-electron chi connectivity index (χ2n) is 8.05. The van der Waals surface area contributed by atoms with Crippen LogP contribution in [-0.2, 0) is 21.2 Å². The van der Waals surface area contributed by atoms with E-state index in [9.17, 15) is 22.7 Å². The summed E-state index contributed by atoms with van der Waals surface area (Å²) < 4.78 is 46.8. The molecule has 1 heterocycles. The molecule has 0 spiro atoms. The minimum Gasteiger partial charge on any atom is -0.481 e. The SMILES string of the molecule is O=C(O)Cc1cc(Oc2ccccc2)cc(C2CCCN(S(=O)(=O)c3ccc(F)cc3)C2)c1. The van der Waals surface area contributed by atoms with Crippen molar-refractivity contribution >= 4 is 16.0 Å². The molecule has 1 unspecified atom stereocenters. The average molecular weight is 470 g/mol. The third kappa shape index (κ3) is 5.58. The molecule has 1 fully saturated rings. The molecule has 1 aliphatic heterocycles. The number of halogens is 1. The van der Waals surface area contributed by atoms with Crippen molar-refractivity contribution in [2.24, 2.45) is 0 Å². The van der Waals surface area contributed by atoms with Crippen molar-refractivity contribution in [3.05, 3.63) is 89.7 Å². The summed E-state index contributed by atoms with van der Waals surface area (Å²) in [7, 11) is -3.77. The number of hydrogen-bond acceptors (Lipinski definition) is 4. The molecule has 0 radical (unpaired) electrons. The number of para-hydroxylation sites is 1. The zero-order chi connectivity index (χ0) is 23.4. The van der Waals surface area contributed by atoms with Crippen molar-refractivity contribution in [2.75, 3.05) is 13.1 Å². The van der Waals surface area contributed by atoms with E-state index in [2.05, 4.69) is 0 Å². The van der Waals surface area contributed by atoms with Gasteiger partial charge < -0.3 is 9.84 Å². The summed E-state index contributed by atoms with van der Waals surface area (Å²) in [6.45, 7) is 0.624. The van der Waals surface area contributed by atoms with Gasteiger partial charge in [-0.2, -0.15) is 4.31 Å². The number of piperidine rings is 1. The number of nitrogens with zero attached hydrogens (tertiary/aromatic N) is 1. The summed E-state index contributed by atoms with van der Waals surface area (Å²) in [6, 6.07) is 19.3. The molecule has 0 saturated carbocycles. The van der Waals surface area contributed by atoms with Gasteiger partial charge >= 0.3 is 5.97 Å². The highest BCUT2D eigenvalue weighted by atomic mass is 32.2. The maximum absolute atomic E-state index is 13.3. The van der Waals surface area contributed by atoms with E-state index in [0.717, 1.165) is 24.1 Å². The summed E-state index contributed by atoms with van der Waals surface area (Å²) >= 11 is 0. The minimum absolute atomic E-state index is 0.0530. The van der Waals surface area contributed by atoms with E-state index < -0.39 is 21.8 Å². The zero-order valence-electron chi connectivity index (χ0n) is 17.9. The van der Waals surface area contributed by atoms with Gasteiger partial charge in [-0.25, -0.2) is 12.8 Å². The molecule has 33 heavy (non-hydrogen) atoms. The van der Waals surface area contributed by atoms with Crippen molar-refractivity contribution in [3.63, 3.8) is 0 Å². The van der Waals surface area contributed by atoms with Gasteiger partial charge in [0.2, 0.25) is 10.0 Å².